The highest BCUT2D eigenvalue weighted by Crippen LogP contribution is 2.38. The van der Waals surface area contributed by atoms with Crippen molar-refractivity contribution in [3.05, 3.63) is 59.2 Å². The maximum absolute atomic E-state index is 5.78. The van der Waals surface area contributed by atoms with Crippen LogP contribution in [0.3, 0.4) is 0 Å². The molecule has 1 aliphatic carbocycles. The van der Waals surface area contributed by atoms with Crippen LogP contribution in [0.1, 0.15) is 47.5 Å². The number of nitrogens with zero attached hydrogens (tertiary/aromatic N) is 2. The summed E-state index contributed by atoms with van der Waals surface area (Å²) in [5.41, 5.74) is 3.70. The Kier molecular flexibility index (Phi) is 3.87. The Bertz CT molecular complexity index is 631. The topological polar surface area (TPSA) is 47.0 Å². The summed E-state index contributed by atoms with van der Waals surface area (Å²) in [5.74, 6) is 1.60. The lowest BCUT2D eigenvalue weighted by atomic mass is 10.0. The summed E-state index contributed by atoms with van der Waals surface area (Å²) in [6.07, 6.45) is 5.43. The van der Waals surface area contributed by atoms with Crippen molar-refractivity contribution in [1.82, 2.24) is 15.3 Å². The normalized spacial score (nSPS) is 21.7. The highest BCUT2D eigenvalue weighted by molar-refractivity contribution is 5.27. The lowest BCUT2D eigenvalue weighted by Crippen LogP contribution is -2.33. The fraction of sp³-hybridized carbons (Fsp3) is 0.444. The van der Waals surface area contributed by atoms with Gasteiger partial charge in [0.25, 0.3) is 0 Å². The second-order valence-corrected chi connectivity index (χ2v) is 6.15. The van der Waals surface area contributed by atoms with Crippen molar-refractivity contribution >= 4 is 0 Å². The number of ether oxygens (including phenoxy) is 1. The van der Waals surface area contributed by atoms with Crippen molar-refractivity contribution in [2.75, 3.05) is 19.7 Å². The molecule has 1 aromatic heterocycles. The third kappa shape index (κ3) is 3.18. The van der Waals surface area contributed by atoms with E-state index in [1.165, 1.54) is 29.7 Å². The van der Waals surface area contributed by atoms with Crippen LogP contribution in [-0.4, -0.2) is 29.7 Å². The summed E-state index contributed by atoms with van der Waals surface area (Å²) >= 11 is 0. The molecule has 1 aliphatic heterocycles. The minimum Gasteiger partial charge on any atom is -0.371 e. The summed E-state index contributed by atoms with van der Waals surface area (Å²) in [5, 5.41) is 3.37. The van der Waals surface area contributed by atoms with E-state index >= 15 is 0 Å². The Balaban J connectivity index is 1.45. The molecule has 2 aliphatic rings. The van der Waals surface area contributed by atoms with Crippen molar-refractivity contribution in [2.45, 2.75) is 31.3 Å². The molecule has 1 N–H and O–H groups in total. The maximum Gasteiger partial charge on any atom is 0.132 e. The summed E-state index contributed by atoms with van der Waals surface area (Å²) in [7, 11) is 0. The van der Waals surface area contributed by atoms with Gasteiger partial charge in [-0.3, -0.25) is 0 Å². The van der Waals surface area contributed by atoms with E-state index in [-0.39, 0.29) is 6.10 Å². The minimum absolute atomic E-state index is 0.178. The van der Waals surface area contributed by atoms with Gasteiger partial charge in [-0.25, -0.2) is 9.97 Å². The Morgan fingerprint density at radius 3 is 2.73 bits per heavy atom. The number of aromatic nitrogens is 2. The zero-order valence-electron chi connectivity index (χ0n) is 12.7. The van der Waals surface area contributed by atoms with Crippen LogP contribution < -0.4 is 5.32 Å². The van der Waals surface area contributed by atoms with Gasteiger partial charge in [-0.05, 0) is 30.0 Å². The molecule has 1 saturated heterocycles. The van der Waals surface area contributed by atoms with Crippen LogP contribution in [0, 0.1) is 0 Å². The molecule has 2 fully saturated rings. The van der Waals surface area contributed by atoms with Gasteiger partial charge in [0.05, 0.1) is 12.7 Å². The summed E-state index contributed by atoms with van der Waals surface area (Å²) in [6.45, 7) is 2.63. The zero-order valence-corrected chi connectivity index (χ0v) is 12.7. The van der Waals surface area contributed by atoms with Gasteiger partial charge in [0.2, 0.25) is 0 Å². The monoisotopic (exact) mass is 295 g/mol. The predicted octanol–water partition coefficient (Wildman–Crippen LogP) is 2.61. The molecule has 22 heavy (non-hydrogen) atoms. The van der Waals surface area contributed by atoms with Crippen LogP contribution in [0.4, 0.5) is 0 Å². The van der Waals surface area contributed by atoms with E-state index in [2.05, 4.69) is 40.6 Å². The van der Waals surface area contributed by atoms with E-state index < -0.39 is 0 Å². The molecule has 0 unspecified atom stereocenters. The van der Waals surface area contributed by atoms with Crippen LogP contribution in [0.25, 0.3) is 0 Å². The molecule has 4 nitrogen and oxygen atoms in total. The summed E-state index contributed by atoms with van der Waals surface area (Å²) in [6, 6.07) is 10.7. The Hall–Kier alpha value is -1.78. The van der Waals surface area contributed by atoms with E-state index in [1.54, 1.807) is 0 Å². The average molecular weight is 295 g/mol. The molecule has 0 radical (unpaired) electrons. The number of hydrogen-bond donors (Lipinski definition) is 1. The highest BCUT2D eigenvalue weighted by Gasteiger charge is 2.25. The lowest BCUT2D eigenvalue weighted by Gasteiger charge is -2.24. The van der Waals surface area contributed by atoms with Gasteiger partial charge < -0.3 is 10.1 Å². The van der Waals surface area contributed by atoms with Gasteiger partial charge in [0, 0.05) is 37.3 Å². The minimum atomic E-state index is 0.178. The number of hydrogen-bond acceptors (Lipinski definition) is 4. The van der Waals surface area contributed by atoms with Crippen molar-refractivity contribution in [3.8, 4) is 0 Å². The molecule has 2 aromatic rings. The molecule has 1 atom stereocenters. The summed E-state index contributed by atoms with van der Waals surface area (Å²) < 4.78 is 5.78. The Morgan fingerprint density at radius 2 is 2.00 bits per heavy atom. The fourth-order valence-electron chi connectivity index (χ4n) is 2.92. The van der Waals surface area contributed by atoms with Gasteiger partial charge in [-0.2, -0.15) is 0 Å². The predicted molar refractivity (Wildman–Crippen MR) is 84.8 cm³/mol. The number of rotatable bonds is 4. The van der Waals surface area contributed by atoms with Crippen LogP contribution in [0.15, 0.2) is 36.5 Å². The first-order valence-electron chi connectivity index (χ1n) is 8.11. The van der Waals surface area contributed by atoms with Crippen LogP contribution in [0.2, 0.25) is 0 Å². The van der Waals surface area contributed by atoms with E-state index in [4.69, 9.17) is 9.72 Å². The van der Waals surface area contributed by atoms with Gasteiger partial charge in [0.1, 0.15) is 5.82 Å². The SMILES string of the molecule is c1cc(C2CC2)nc(Cc2ccc([C@@H]3CNCCO3)cc2)n1. The first kappa shape index (κ1) is 13.9. The molecule has 114 valence electrons. The number of morpholine rings is 1. The maximum atomic E-state index is 5.78. The third-order valence-corrected chi connectivity index (χ3v) is 4.36. The van der Waals surface area contributed by atoms with E-state index in [0.29, 0.717) is 5.92 Å². The first-order chi connectivity index (χ1) is 10.9. The summed E-state index contributed by atoms with van der Waals surface area (Å²) in [4.78, 5) is 9.11. The molecule has 1 aromatic carbocycles. The van der Waals surface area contributed by atoms with E-state index in [1.807, 2.05) is 6.20 Å². The molecule has 0 bridgehead atoms. The molecule has 0 amide bonds. The largest absolute Gasteiger partial charge is 0.371 e. The van der Waals surface area contributed by atoms with E-state index in [9.17, 15) is 0 Å². The van der Waals surface area contributed by atoms with Gasteiger partial charge in [-0.15, -0.1) is 0 Å². The van der Waals surface area contributed by atoms with E-state index in [0.717, 1.165) is 31.9 Å². The third-order valence-electron chi connectivity index (χ3n) is 4.36. The number of nitrogens with one attached hydrogen (secondary N) is 1. The van der Waals surface area contributed by atoms with Crippen LogP contribution in [0.5, 0.6) is 0 Å². The second kappa shape index (κ2) is 6.15. The fourth-order valence-corrected chi connectivity index (χ4v) is 2.92. The molecular weight excluding hydrogens is 274 g/mol. The van der Waals surface area contributed by atoms with Crippen molar-refractivity contribution in [1.29, 1.82) is 0 Å². The lowest BCUT2D eigenvalue weighted by molar-refractivity contribution is 0.0277. The molecular formula is C18H21N3O. The van der Waals surface area contributed by atoms with Gasteiger partial charge in [0.15, 0.2) is 0 Å². The molecule has 4 heteroatoms. The van der Waals surface area contributed by atoms with Crippen LogP contribution >= 0.6 is 0 Å². The Morgan fingerprint density at radius 1 is 1.14 bits per heavy atom. The van der Waals surface area contributed by atoms with Gasteiger partial charge >= 0.3 is 0 Å². The standard InChI is InChI=1S/C18H21N3O/c1-3-15(17-12-19-9-10-22-17)4-2-13(1)11-18-20-8-7-16(21-18)14-5-6-14/h1-4,7-8,14,17,19H,5-6,9-12H2/t17-/m0/s1. The van der Waals surface area contributed by atoms with Crippen molar-refractivity contribution in [2.24, 2.45) is 0 Å². The molecule has 1 saturated carbocycles. The molecule has 2 heterocycles. The molecule has 4 rings (SSSR count). The Labute approximate surface area is 130 Å². The average Bonchev–Trinajstić information content (AvgIpc) is 3.42. The zero-order chi connectivity index (χ0) is 14.8. The second-order valence-electron chi connectivity index (χ2n) is 6.15. The highest BCUT2D eigenvalue weighted by atomic mass is 16.5. The van der Waals surface area contributed by atoms with Crippen molar-refractivity contribution in [3.63, 3.8) is 0 Å². The quantitative estimate of drug-likeness (QED) is 0.942. The smallest absolute Gasteiger partial charge is 0.132 e. The number of benzene rings is 1. The molecule has 0 spiro atoms. The van der Waals surface area contributed by atoms with Crippen molar-refractivity contribution < 1.29 is 4.74 Å². The van der Waals surface area contributed by atoms with Gasteiger partial charge in [-0.1, -0.05) is 24.3 Å². The van der Waals surface area contributed by atoms with Crippen LogP contribution in [-0.2, 0) is 11.2 Å². The first-order valence-corrected chi connectivity index (χ1v) is 8.11.